The summed E-state index contributed by atoms with van der Waals surface area (Å²) in [5.74, 6) is -0.276. The van der Waals surface area contributed by atoms with Crippen LogP contribution in [0.4, 0.5) is 5.69 Å². The Morgan fingerprint density at radius 3 is 2.50 bits per heavy atom. The molecule has 2 aromatic heterocycles. The van der Waals surface area contributed by atoms with Crippen LogP contribution in [0.5, 0.6) is 0 Å². The molecule has 1 aromatic carbocycles. The van der Waals surface area contributed by atoms with Gasteiger partial charge >= 0.3 is 0 Å². The summed E-state index contributed by atoms with van der Waals surface area (Å²) in [6.07, 6.45) is 6.11. The fourth-order valence-corrected chi connectivity index (χ4v) is 6.51. The highest BCUT2D eigenvalue weighted by Crippen LogP contribution is 2.29. The molecule has 1 unspecified atom stereocenters. The van der Waals surface area contributed by atoms with E-state index in [-0.39, 0.29) is 23.3 Å². The lowest BCUT2D eigenvalue weighted by atomic mass is 9.97. The molecule has 0 N–H and O–H groups in total. The van der Waals surface area contributed by atoms with E-state index >= 15 is 0 Å². The van der Waals surface area contributed by atoms with Gasteiger partial charge in [0.25, 0.3) is 0 Å². The van der Waals surface area contributed by atoms with E-state index < -0.39 is 10.0 Å². The van der Waals surface area contributed by atoms with Crippen LogP contribution in [0.3, 0.4) is 0 Å². The summed E-state index contributed by atoms with van der Waals surface area (Å²) in [6.45, 7) is 3.27. The first-order valence-corrected chi connectivity index (χ1v) is 13.2. The zero-order valence-electron chi connectivity index (χ0n) is 18.7. The van der Waals surface area contributed by atoms with Gasteiger partial charge in [-0.25, -0.2) is 8.42 Å². The molecule has 4 heterocycles. The van der Waals surface area contributed by atoms with E-state index in [9.17, 15) is 13.2 Å². The monoisotopic (exact) mass is 499 g/mol. The highest BCUT2D eigenvalue weighted by molar-refractivity contribution is 7.89. The van der Waals surface area contributed by atoms with Gasteiger partial charge in [0.15, 0.2) is 0 Å². The Bertz CT molecular complexity index is 1300. The van der Waals surface area contributed by atoms with Crippen molar-refractivity contribution in [3.63, 3.8) is 0 Å². The largest absolute Gasteiger partial charge is 0.367 e. The zero-order valence-corrected chi connectivity index (χ0v) is 20.2. The highest BCUT2D eigenvalue weighted by atomic mass is 35.5. The third-order valence-electron chi connectivity index (χ3n) is 6.63. The molecule has 10 heteroatoms. The maximum Gasteiger partial charge on any atom is 0.243 e. The van der Waals surface area contributed by atoms with Gasteiger partial charge in [0.1, 0.15) is 0 Å². The molecule has 1 atom stereocenters. The van der Waals surface area contributed by atoms with Crippen LogP contribution in [0.25, 0.3) is 10.9 Å². The van der Waals surface area contributed by atoms with Crippen molar-refractivity contribution in [2.45, 2.75) is 17.7 Å². The van der Waals surface area contributed by atoms with E-state index in [1.54, 1.807) is 6.20 Å². The number of benzene rings is 1. The van der Waals surface area contributed by atoms with Crippen LogP contribution in [0.1, 0.15) is 12.8 Å². The van der Waals surface area contributed by atoms with Crippen molar-refractivity contribution in [3.05, 3.63) is 60.0 Å². The topological polar surface area (TPSA) is 86.7 Å². The third-order valence-corrected chi connectivity index (χ3v) is 8.75. The number of fused-ring (bicyclic) bond motifs is 1. The summed E-state index contributed by atoms with van der Waals surface area (Å²) >= 11 is 6.12. The number of pyridine rings is 2. The molecule has 178 valence electrons. The number of nitrogens with zero attached hydrogens (tertiary/aromatic N) is 5. The summed E-state index contributed by atoms with van der Waals surface area (Å²) in [5, 5.41) is 1.69. The average molecular weight is 500 g/mol. The maximum atomic E-state index is 13.3. The molecule has 5 rings (SSSR count). The molecule has 34 heavy (non-hydrogen) atoms. The predicted molar refractivity (Wildman–Crippen MR) is 131 cm³/mol. The minimum atomic E-state index is -3.63. The number of piperazine rings is 1. The Balaban J connectivity index is 1.25. The standard InChI is InChI=1S/C24H26ClN5O3S/c25-19-3-4-21-22(16-19)27-10-7-23(21)28-12-14-29(15-13-28)24(31)18-2-1-11-30(17-18)34(32,33)20-5-8-26-9-6-20/h3-10,16,18H,1-2,11-15,17H2. The number of hydrogen-bond donors (Lipinski definition) is 0. The van der Waals surface area contributed by atoms with E-state index in [0.717, 1.165) is 16.6 Å². The summed E-state index contributed by atoms with van der Waals surface area (Å²) < 4.78 is 27.5. The first kappa shape index (κ1) is 23.0. The molecule has 0 spiro atoms. The summed E-state index contributed by atoms with van der Waals surface area (Å²) in [6, 6.07) is 10.7. The number of hydrogen-bond acceptors (Lipinski definition) is 6. The molecule has 3 aromatic rings. The fraction of sp³-hybridized carbons (Fsp3) is 0.375. The maximum absolute atomic E-state index is 13.3. The van der Waals surface area contributed by atoms with Gasteiger partial charge in [0, 0.05) is 74.0 Å². The van der Waals surface area contributed by atoms with Crippen LogP contribution in [-0.4, -0.2) is 72.8 Å². The summed E-state index contributed by atoms with van der Waals surface area (Å²) in [4.78, 5) is 26.0. The van der Waals surface area contributed by atoms with Crippen molar-refractivity contribution in [2.75, 3.05) is 44.2 Å². The molecule has 0 bridgehead atoms. The lowest BCUT2D eigenvalue weighted by Crippen LogP contribution is -2.53. The van der Waals surface area contributed by atoms with Gasteiger partial charge in [-0.1, -0.05) is 11.6 Å². The predicted octanol–water partition coefficient (Wildman–Crippen LogP) is 3.03. The Morgan fingerprint density at radius 2 is 1.74 bits per heavy atom. The Kier molecular flexibility index (Phi) is 6.42. The van der Waals surface area contributed by atoms with Gasteiger partial charge in [-0.3, -0.25) is 14.8 Å². The SMILES string of the molecule is O=C(C1CCCN(S(=O)(=O)c2ccncc2)C1)N1CCN(c2ccnc3cc(Cl)ccc23)CC1. The van der Waals surface area contributed by atoms with Crippen LogP contribution in [0.2, 0.25) is 5.02 Å². The fourth-order valence-electron chi connectivity index (χ4n) is 4.83. The molecule has 2 fully saturated rings. The van der Waals surface area contributed by atoms with Crippen molar-refractivity contribution in [1.82, 2.24) is 19.2 Å². The first-order chi connectivity index (χ1) is 16.4. The van der Waals surface area contributed by atoms with Gasteiger partial charge < -0.3 is 9.80 Å². The quantitative estimate of drug-likeness (QED) is 0.548. The minimum absolute atomic E-state index is 0.0423. The molecule has 1 amide bonds. The second kappa shape index (κ2) is 9.48. The van der Waals surface area contributed by atoms with E-state index in [0.29, 0.717) is 50.6 Å². The first-order valence-electron chi connectivity index (χ1n) is 11.4. The van der Waals surface area contributed by atoms with Crippen molar-refractivity contribution >= 4 is 44.1 Å². The van der Waals surface area contributed by atoms with Gasteiger partial charge in [0.05, 0.1) is 16.3 Å². The molecule has 0 saturated carbocycles. The second-order valence-electron chi connectivity index (χ2n) is 8.69. The van der Waals surface area contributed by atoms with Gasteiger partial charge in [-0.15, -0.1) is 0 Å². The lowest BCUT2D eigenvalue weighted by molar-refractivity contribution is -0.137. The van der Waals surface area contributed by atoms with Crippen LogP contribution in [0, 0.1) is 5.92 Å². The number of halogens is 1. The number of carbonyl (C=O) groups excluding carboxylic acids is 1. The molecule has 2 saturated heterocycles. The number of aromatic nitrogens is 2. The second-order valence-corrected chi connectivity index (χ2v) is 11.1. The minimum Gasteiger partial charge on any atom is -0.367 e. The van der Waals surface area contributed by atoms with Crippen molar-refractivity contribution in [3.8, 4) is 0 Å². The Morgan fingerprint density at radius 1 is 0.971 bits per heavy atom. The number of rotatable bonds is 4. The summed E-state index contributed by atoms with van der Waals surface area (Å²) in [7, 11) is -3.63. The molecule has 0 radical (unpaired) electrons. The number of amides is 1. The smallest absolute Gasteiger partial charge is 0.243 e. The van der Waals surface area contributed by atoms with Crippen molar-refractivity contribution < 1.29 is 13.2 Å². The van der Waals surface area contributed by atoms with Crippen LogP contribution < -0.4 is 4.90 Å². The lowest BCUT2D eigenvalue weighted by Gasteiger charge is -2.39. The van der Waals surface area contributed by atoms with Crippen LogP contribution in [-0.2, 0) is 14.8 Å². The van der Waals surface area contributed by atoms with Crippen molar-refractivity contribution in [2.24, 2.45) is 5.92 Å². The van der Waals surface area contributed by atoms with Gasteiger partial charge in [0.2, 0.25) is 15.9 Å². The Labute approximate surface area is 204 Å². The molecule has 2 aliphatic rings. The normalized spacial score (nSPS) is 20.0. The van der Waals surface area contributed by atoms with E-state index in [2.05, 4.69) is 14.9 Å². The zero-order chi connectivity index (χ0) is 23.7. The molecular formula is C24H26ClN5O3S. The molecular weight excluding hydrogens is 474 g/mol. The third kappa shape index (κ3) is 4.47. The van der Waals surface area contributed by atoms with E-state index in [1.807, 2.05) is 29.2 Å². The summed E-state index contributed by atoms with van der Waals surface area (Å²) in [5.41, 5.74) is 1.93. The molecule has 0 aliphatic carbocycles. The van der Waals surface area contributed by atoms with Crippen molar-refractivity contribution in [1.29, 1.82) is 0 Å². The van der Waals surface area contributed by atoms with E-state index in [1.165, 1.54) is 28.8 Å². The number of anilines is 1. The van der Waals surface area contributed by atoms with Crippen LogP contribution in [0.15, 0.2) is 59.9 Å². The van der Waals surface area contributed by atoms with E-state index in [4.69, 9.17) is 11.6 Å². The molecule has 8 nitrogen and oxygen atoms in total. The van der Waals surface area contributed by atoms with Crippen LogP contribution >= 0.6 is 11.6 Å². The molecule has 2 aliphatic heterocycles. The number of carbonyl (C=O) groups is 1. The van der Waals surface area contributed by atoms with Gasteiger partial charge in [-0.2, -0.15) is 4.31 Å². The number of piperidine rings is 1. The Hall–Kier alpha value is -2.75. The van der Waals surface area contributed by atoms with Gasteiger partial charge in [-0.05, 0) is 49.2 Å². The average Bonchev–Trinajstić information content (AvgIpc) is 2.88. The highest BCUT2D eigenvalue weighted by Gasteiger charge is 2.36. The number of sulfonamides is 1.